The maximum Gasteiger partial charge on any atom is 0.426 e. The van der Waals surface area contributed by atoms with Gasteiger partial charge < -0.3 is 14.6 Å². The molecule has 1 N–H and O–H groups in total. The van der Waals surface area contributed by atoms with Gasteiger partial charge in [0, 0.05) is 12.5 Å². The Hall–Kier alpha value is -2.26. The number of ketones is 1. The van der Waals surface area contributed by atoms with E-state index in [9.17, 15) is 27.6 Å². The average molecular weight is 467 g/mol. The summed E-state index contributed by atoms with van der Waals surface area (Å²) in [5.41, 5.74) is 1.45. The molecule has 0 radical (unpaired) electrons. The Bertz CT molecular complexity index is 957. The minimum Gasteiger partial charge on any atom is -0.480 e. The zero-order valence-corrected chi connectivity index (χ0v) is 16.9. The van der Waals surface area contributed by atoms with E-state index in [0.29, 0.717) is 16.7 Å². The fraction of sp³-hybridized carbons (Fsp3) is 0.421. The Morgan fingerprint density at radius 3 is 2.53 bits per heavy atom. The Morgan fingerprint density at radius 2 is 1.97 bits per heavy atom. The summed E-state index contributed by atoms with van der Waals surface area (Å²) in [6.45, 7) is 0.191. The van der Waals surface area contributed by atoms with E-state index in [2.05, 4.69) is 4.74 Å². The lowest BCUT2D eigenvalue weighted by molar-refractivity contribution is -0.232. The Kier molecular flexibility index (Phi) is 6.06. The van der Waals surface area contributed by atoms with E-state index in [4.69, 9.17) is 33.0 Å². The van der Waals surface area contributed by atoms with Crippen LogP contribution in [0.15, 0.2) is 12.1 Å². The molecule has 0 aliphatic heterocycles. The molecular formula is C19H15Cl2F3O6. The van der Waals surface area contributed by atoms with E-state index in [-0.39, 0.29) is 28.6 Å². The SMILES string of the molecule is CC(=O)OC(C1CC2Cc3cc(OCC(=O)O)c(Cl)c(Cl)c3C2=CC1=O)C(F)(F)F. The number of carbonyl (C=O) groups is 3. The van der Waals surface area contributed by atoms with E-state index < -0.39 is 48.4 Å². The van der Waals surface area contributed by atoms with Crippen LogP contribution < -0.4 is 4.74 Å². The summed E-state index contributed by atoms with van der Waals surface area (Å²) in [7, 11) is 0. The first kappa shape index (κ1) is 22.4. The predicted molar refractivity (Wildman–Crippen MR) is 99.5 cm³/mol. The van der Waals surface area contributed by atoms with Gasteiger partial charge in [-0.05, 0) is 42.0 Å². The molecule has 3 rings (SSSR count). The van der Waals surface area contributed by atoms with Gasteiger partial charge in [0.1, 0.15) is 10.8 Å². The molecule has 3 atom stereocenters. The number of benzene rings is 1. The second-order valence-corrected chi connectivity index (χ2v) is 7.79. The van der Waals surface area contributed by atoms with Crippen LogP contribution in [0.3, 0.4) is 0 Å². The van der Waals surface area contributed by atoms with Crippen molar-refractivity contribution in [2.45, 2.75) is 32.0 Å². The van der Waals surface area contributed by atoms with Crippen molar-refractivity contribution in [1.82, 2.24) is 0 Å². The van der Waals surface area contributed by atoms with Gasteiger partial charge in [0.05, 0.1) is 10.9 Å². The highest BCUT2D eigenvalue weighted by Gasteiger charge is 2.52. The summed E-state index contributed by atoms with van der Waals surface area (Å²) in [5.74, 6) is -5.21. The van der Waals surface area contributed by atoms with Gasteiger partial charge in [0.15, 0.2) is 12.4 Å². The highest BCUT2D eigenvalue weighted by atomic mass is 35.5. The average Bonchev–Trinajstić information content (AvgIpc) is 2.97. The van der Waals surface area contributed by atoms with Crippen LogP contribution in [0, 0.1) is 11.8 Å². The smallest absolute Gasteiger partial charge is 0.426 e. The van der Waals surface area contributed by atoms with Gasteiger partial charge in [-0.15, -0.1) is 0 Å². The second-order valence-electron chi connectivity index (χ2n) is 7.04. The number of alkyl halides is 3. The van der Waals surface area contributed by atoms with Crippen LogP contribution in [0.25, 0.3) is 5.57 Å². The Morgan fingerprint density at radius 1 is 1.30 bits per heavy atom. The second kappa shape index (κ2) is 8.11. The molecule has 1 aromatic rings. The van der Waals surface area contributed by atoms with Crippen molar-refractivity contribution < 1.29 is 42.1 Å². The van der Waals surface area contributed by atoms with Crippen molar-refractivity contribution in [3.63, 3.8) is 0 Å². The van der Waals surface area contributed by atoms with Gasteiger partial charge >= 0.3 is 18.1 Å². The van der Waals surface area contributed by atoms with E-state index in [1.54, 1.807) is 0 Å². The molecule has 162 valence electrons. The summed E-state index contributed by atoms with van der Waals surface area (Å²) in [4.78, 5) is 34.4. The molecule has 3 unspecified atom stereocenters. The van der Waals surface area contributed by atoms with Crippen LogP contribution >= 0.6 is 23.2 Å². The molecule has 0 saturated heterocycles. The first-order valence-electron chi connectivity index (χ1n) is 8.75. The number of aliphatic carboxylic acids is 1. The van der Waals surface area contributed by atoms with Crippen molar-refractivity contribution >= 4 is 46.5 Å². The van der Waals surface area contributed by atoms with Crippen molar-refractivity contribution in [2.75, 3.05) is 6.61 Å². The minimum atomic E-state index is -4.90. The summed E-state index contributed by atoms with van der Waals surface area (Å²) >= 11 is 12.5. The highest BCUT2D eigenvalue weighted by Crippen LogP contribution is 2.51. The van der Waals surface area contributed by atoms with E-state index in [1.165, 1.54) is 6.07 Å². The maximum atomic E-state index is 13.4. The highest BCUT2D eigenvalue weighted by molar-refractivity contribution is 6.44. The molecule has 0 amide bonds. The van der Waals surface area contributed by atoms with Gasteiger partial charge in [-0.1, -0.05) is 23.2 Å². The zero-order valence-electron chi connectivity index (χ0n) is 15.4. The number of hydrogen-bond donors (Lipinski definition) is 1. The van der Waals surface area contributed by atoms with Crippen molar-refractivity contribution in [3.8, 4) is 5.75 Å². The largest absolute Gasteiger partial charge is 0.480 e. The number of rotatable bonds is 5. The first-order valence-corrected chi connectivity index (χ1v) is 9.51. The molecule has 0 spiro atoms. The Labute approximate surface area is 178 Å². The minimum absolute atomic E-state index is 0.0259. The molecule has 0 heterocycles. The Balaban J connectivity index is 1.95. The number of esters is 1. The van der Waals surface area contributed by atoms with E-state index in [1.807, 2.05) is 0 Å². The normalized spacial score (nSPS) is 21.4. The maximum absolute atomic E-state index is 13.4. The fourth-order valence-corrected chi connectivity index (χ4v) is 4.39. The lowest BCUT2D eigenvalue weighted by Crippen LogP contribution is -2.44. The predicted octanol–water partition coefficient (Wildman–Crippen LogP) is 4.10. The van der Waals surface area contributed by atoms with E-state index in [0.717, 1.165) is 13.0 Å². The van der Waals surface area contributed by atoms with Crippen LogP contribution in [0.5, 0.6) is 5.75 Å². The number of carboxylic acids is 1. The number of allylic oxidation sites excluding steroid dienone is 2. The molecule has 11 heteroatoms. The quantitative estimate of drug-likeness (QED) is 0.657. The fourth-order valence-electron chi connectivity index (χ4n) is 3.86. The topological polar surface area (TPSA) is 89.9 Å². The molecule has 2 aliphatic carbocycles. The molecule has 1 aromatic carbocycles. The summed E-state index contributed by atoms with van der Waals surface area (Å²) < 4.78 is 49.8. The summed E-state index contributed by atoms with van der Waals surface area (Å²) in [5, 5.41) is 8.73. The third-order valence-electron chi connectivity index (χ3n) is 4.98. The van der Waals surface area contributed by atoms with Crippen LogP contribution in [0.1, 0.15) is 24.5 Å². The molecule has 0 aromatic heterocycles. The standard InChI is InChI=1S/C19H15Cl2F3O6/c1-7(25)30-18(19(22,23)24)11-3-8-2-9-4-13(29-6-14(27)28)16(20)17(21)15(9)10(8)5-12(11)26/h4-5,8,11,18H,2-3,6H2,1H3,(H,27,28). The third-order valence-corrected chi connectivity index (χ3v) is 5.83. The summed E-state index contributed by atoms with van der Waals surface area (Å²) in [6.07, 6.45) is -6.31. The monoisotopic (exact) mass is 466 g/mol. The number of hydrogen-bond acceptors (Lipinski definition) is 5. The van der Waals surface area contributed by atoms with Gasteiger partial charge in [-0.3, -0.25) is 9.59 Å². The number of fused-ring (bicyclic) bond motifs is 3. The van der Waals surface area contributed by atoms with Crippen LogP contribution in [0.2, 0.25) is 10.0 Å². The third kappa shape index (κ3) is 4.27. The molecule has 0 bridgehead atoms. The molecule has 6 nitrogen and oxygen atoms in total. The number of ether oxygens (including phenoxy) is 2. The lowest BCUT2D eigenvalue weighted by Gasteiger charge is -2.31. The van der Waals surface area contributed by atoms with Crippen LogP contribution in [0.4, 0.5) is 13.2 Å². The van der Waals surface area contributed by atoms with Crippen LogP contribution in [-0.4, -0.2) is 41.7 Å². The van der Waals surface area contributed by atoms with Gasteiger partial charge in [0.25, 0.3) is 0 Å². The zero-order chi connectivity index (χ0) is 22.4. The number of carbonyl (C=O) groups excluding carboxylic acids is 2. The molecule has 2 aliphatic rings. The number of carboxylic acid groups (broad SMARTS) is 1. The summed E-state index contributed by atoms with van der Waals surface area (Å²) in [6, 6.07) is 1.47. The molecule has 0 fully saturated rings. The van der Waals surface area contributed by atoms with Crippen LogP contribution in [-0.2, 0) is 25.5 Å². The van der Waals surface area contributed by atoms with Crippen molar-refractivity contribution in [2.24, 2.45) is 11.8 Å². The van der Waals surface area contributed by atoms with Gasteiger partial charge in [0.2, 0.25) is 6.10 Å². The van der Waals surface area contributed by atoms with Gasteiger partial charge in [-0.25, -0.2) is 4.79 Å². The van der Waals surface area contributed by atoms with Gasteiger partial charge in [-0.2, -0.15) is 13.2 Å². The molecular weight excluding hydrogens is 452 g/mol. The van der Waals surface area contributed by atoms with Crippen molar-refractivity contribution in [3.05, 3.63) is 33.3 Å². The molecule has 30 heavy (non-hydrogen) atoms. The first-order chi connectivity index (χ1) is 13.9. The lowest BCUT2D eigenvalue weighted by atomic mass is 9.78. The van der Waals surface area contributed by atoms with Crippen molar-refractivity contribution in [1.29, 1.82) is 0 Å². The molecule has 0 saturated carbocycles. The number of halogens is 5. The van der Waals surface area contributed by atoms with E-state index >= 15 is 0 Å².